The molecule has 1 aromatic rings. The number of aryl methyl sites for hydroxylation is 1. The molecule has 22 heavy (non-hydrogen) atoms. The minimum Gasteiger partial charge on any atom is -0.748 e. The van der Waals surface area contributed by atoms with Gasteiger partial charge in [-0.05, 0) is 42.4 Å². The molecular formula is C14H21N3O4S. The van der Waals surface area contributed by atoms with Crippen LogP contribution in [0.4, 0.5) is 0 Å². The maximum Gasteiger partial charge on any atom is 0.346 e. The Balaban J connectivity index is 0.000000422. The van der Waals surface area contributed by atoms with Crippen molar-refractivity contribution in [3.63, 3.8) is 0 Å². The first kappa shape index (κ1) is 18.1. The van der Waals surface area contributed by atoms with Gasteiger partial charge in [0.2, 0.25) is 0 Å². The van der Waals surface area contributed by atoms with Gasteiger partial charge in [0.25, 0.3) is 5.91 Å². The second kappa shape index (κ2) is 7.37. The molecule has 7 nitrogen and oxygen atoms in total. The number of hydrogen-bond acceptors (Lipinski definition) is 4. The van der Waals surface area contributed by atoms with Crippen LogP contribution in [0, 0.1) is 6.92 Å². The zero-order valence-corrected chi connectivity index (χ0v) is 13.4. The van der Waals surface area contributed by atoms with E-state index >= 15 is 0 Å². The summed E-state index contributed by atoms with van der Waals surface area (Å²) in [6.07, 6.45) is 3.14. The van der Waals surface area contributed by atoms with Crippen LogP contribution in [0.25, 0.3) is 0 Å². The number of benzene rings is 1. The van der Waals surface area contributed by atoms with Crippen LogP contribution in [0.5, 0.6) is 0 Å². The lowest BCUT2D eigenvalue weighted by molar-refractivity contribution is -0.380. The van der Waals surface area contributed by atoms with Crippen molar-refractivity contribution in [1.29, 1.82) is 0 Å². The zero-order chi connectivity index (χ0) is 16.9. The molecular weight excluding hydrogens is 306 g/mol. The van der Waals surface area contributed by atoms with Gasteiger partial charge >= 0.3 is 5.96 Å². The van der Waals surface area contributed by atoms with Gasteiger partial charge in [0.05, 0.1) is 10.1 Å². The van der Waals surface area contributed by atoms with Crippen LogP contribution in [-0.4, -0.2) is 31.1 Å². The normalized spacial score (nSPS) is 16.2. The molecule has 5 N–H and O–H groups in total. The number of guanidine groups is 1. The predicted molar refractivity (Wildman–Crippen MR) is 81.8 cm³/mol. The van der Waals surface area contributed by atoms with Crippen molar-refractivity contribution in [3.8, 4) is 0 Å². The number of rotatable bonds is 2. The van der Waals surface area contributed by atoms with Crippen LogP contribution in [-0.2, 0) is 21.3 Å². The lowest BCUT2D eigenvalue weighted by atomic mass is 9.96. The van der Waals surface area contributed by atoms with Crippen molar-refractivity contribution in [2.24, 2.45) is 11.5 Å². The number of hydrogen-bond donors (Lipinski definition) is 3. The fourth-order valence-corrected chi connectivity index (χ4v) is 2.57. The lowest BCUT2D eigenvalue weighted by Gasteiger charge is -2.09. The van der Waals surface area contributed by atoms with Crippen LogP contribution < -0.4 is 16.5 Å². The molecule has 0 saturated heterocycles. The molecule has 122 valence electrons. The minimum absolute atomic E-state index is 0.0301. The largest absolute Gasteiger partial charge is 0.748 e. The van der Waals surface area contributed by atoms with Crippen molar-refractivity contribution in [2.75, 3.05) is 6.26 Å². The maximum absolute atomic E-state index is 11.6. The van der Waals surface area contributed by atoms with Crippen LogP contribution in [0.3, 0.4) is 0 Å². The molecule has 0 aromatic heterocycles. The van der Waals surface area contributed by atoms with Crippen LogP contribution >= 0.6 is 0 Å². The number of nitrogens with one attached hydrogen (secondary N) is 1. The summed E-state index contributed by atoms with van der Waals surface area (Å²) in [6.45, 7) is 2.12. The van der Waals surface area contributed by atoms with E-state index in [1.807, 2.05) is 6.07 Å². The Kier molecular flexibility index (Phi) is 6.07. The molecule has 0 saturated carbocycles. The van der Waals surface area contributed by atoms with Crippen molar-refractivity contribution < 1.29 is 22.8 Å². The van der Waals surface area contributed by atoms with E-state index in [9.17, 15) is 4.79 Å². The predicted octanol–water partition coefficient (Wildman–Crippen LogP) is -1.54. The Morgan fingerprint density at radius 3 is 2.55 bits per heavy atom. The van der Waals surface area contributed by atoms with Gasteiger partial charge in [-0.25, -0.2) is 13.4 Å². The van der Waals surface area contributed by atoms with E-state index in [2.05, 4.69) is 24.0 Å². The third-order valence-corrected chi connectivity index (χ3v) is 3.34. The molecule has 0 bridgehead atoms. The average molecular weight is 327 g/mol. The minimum atomic E-state index is -3.92. The number of nitrogens with two attached hydrogens (primary N) is 2. The average Bonchev–Trinajstić information content (AvgIpc) is 2.70. The van der Waals surface area contributed by atoms with Gasteiger partial charge in [-0.2, -0.15) is 0 Å². The van der Waals surface area contributed by atoms with Gasteiger partial charge in [0.1, 0.15) is 0 Å². The summed E-state index contributed by atoms with van der Waals surface area (Å²) in [5.74, 6) is 0.158. The molecule has 1 aliphatic carbocycles. The highest BCUT2D eigenvalue weighted by Crippen LogP contribution is 2.36. The number of amides is 1. The summed E-state index contributed by atoms with van der Waals surface area (Å²) in [5.41, 5.74) is 14.5. The van der Waals surface area contributed by atoms with Crippen LogP contribution in [0.2, 0.25) is 0 Å². The van der Waals surface area contributed by atoms with Gasteiger partial charge in [0, 0.05) is 12.7 Å². The standard InChI is InChI=1S/C13H17N3O.CH4O3S/c1-8-3-2-4-11-9(5-6-10(8)11)7-12(17)16-13(14)15;1-5(2,3)4/h2-4,9H,5-7H2,1H3,(H4,14,15,16,17);1H3,(H,2,3,4). The highest BCUT2D eigenvalue weighted by molar-refractivity contribution is 7.84. The first-order valence-corrected chi connectivity index (χ1v) is 8.56. The molecule has 2 rings (SSSR count). The molecule has 1 aliphatic rings. The van der Waals surface area contributed by atoms with Gasteiger partial charge in [-0.15, -0.1) is 0 Å². The van der Waals surface area contributed by atoms with E-state index in [-0.39, 0.29) is 11.9 Å². The Morgan fingerprint density at radius 2 is 2.00 bits per heavy atom. The van der Waals surface area contributed by atoms with Crippen molar-refractivity contribution in [3.05, 3.63) is 34.9 Å². The van der Waals surface area contributed by atoms with Crippen molar-refractivity contribution in [1.82, 2.24) is 0 Å². The topological polar surface area (TPSA) is 140 Å². The molecule has 1 atom stereocenters. The van der Waals surface area contributed by atoms with E-state index in [1.165, 1.54) is 16.7 Å². The first-order valence-electron chi connectivity index (χ1n) is 6.75. The highest BCUT2D eigenvalue weighted by Gasteiger charge is 2.25. The van der Waals surface area contributed by atoms with Crippen LogP contribution in [0.1, 0.15) is 35.4 Å². The molecule has 1 amide bonds. The van der Waals surface area contributed by atoms with Gasteiger partial charge < -0.3 is 4.55 Å². The van der Waals surface area contributed by atoms with Crippen molar-refractivity contribution in [2.45, 2.75) is 32.1 Å². The monoisotopic (exact) mass is 327 g/mol. The molecule has 0 radical (unpaired) electrons. The third kappa shape index (κ3) is 6.23. The Morgan fingerprint density at radius 1 is 1.41 bits per heavy atom. The summed E-state index contributed by atoms with van der Waals surface area (Å²) >= 11 is 0. The number of carbonyl (C=O) groups is 1. The Hall–Kier alpha value is -1.93. The Bertz CT molecular complexity index is 671. The summed E-state index contributed by atoms with van der Waals surface area (Å²) in [7, 11) is -3.92. The van der Waals surface area contributed by atoms with E-state index in [4.69, 9.17) is 24.4 Å². The molecule has 0 fully saturated rings. The highest BCUT2D eigenvalue weighted by atomic mass is 32.2. The molecule has 1 unspecified atom stereocenters. The molecule has 1 aromatic carbocycles. The first-order chi connectivity index (χ1) is 10.1. The van der Waals surface area contributed by atoms with E-state index in [1.54, 1.807) is 0 Å². The van der Waals surface area contributed by atoms with Crippen LogP contribution in [0.15, 0.2) is 18.2 Å². The molecule has 0 heterocycles. The number of fused-ring (bicyclic) bond motifs is 1. The van der Waals surface area contributed by atoms with Crippen molar-refractivity contribution >= 4 is 22.0 Å². The molecule has 0 spiro atoms. The van der Waals surface area contributed by atoms with E-state index in [0.717, 1.165) is 12.8 Å². The molecule has 8 heteroatoms. The summed E-state index contributed by atoms with van der Waals surface area (Å²) in [5, 5.41) is 0. The summed E-state index contributed by atoms with van der Waals surface area (Å²) in [4.78, 5) is 14.1. The van der Waals surface area contributed by atoms with E-state index < -0.39 is 10.1 Å². The van der Waals surface area contributed by atoms with E-state index in [0.29, 0.717) is 18.6 Å². The van der Waals surface area contributed by atoms with Gasteiger partial charge in [-0.3, -0.25) is 16.3 Å². The smallest absolute Gasteiger partial charge is 0.346 e. The molecule has 0 aliphatic heterocycles. The lowest BCUT2D eigenvalue weighted by Crippen LogP contribution is -2.81. The second-order valence-electron chi connectivity index (χ2n) is 5.29. The second-order valence-corrected chi connectivity index (χ2v) is 6.70. The van der Waals surface area contributed by atoms with Gasteiger partial charge in [0.15, 0.2) is 0 Å². The summed E-state index contributed by atoms with van der Waals surface area (Å²) in [6, 6.07) is 6.28. The number of carbonyl (C=O) groups excluding carboxylic acids is 1. The SMILES string of the molecule is CS(=O)(=O)[O-].Cc1cccc2c1CCC2CC(=O)[NH+]=C(N)N. The summed E-state index contributed by atoms with van der Waals surface area (Å²) < 4.78 is 27.2. The third-order valence-electron chi connectivity index (χ3n) is 3.34. The maximum atomic E-state index is 11.6. The van der Waals surface area contributed by atoms with Gasteiger partial charge in [-0.1, -0.05) is 18.2 Å². The zero-order valence-electron chi connectivity index (χ0n) is 12.6. The Labute approximate surface area is 130 Å². The fraction of sp³-hybridized carbons (Fsp3) is 0.429. The fourth-order valence-electron chi connectivity index (χ4n) is 2.57. The quantitative estimate of drug-likeness (QED) is 0.341.